The number of non-ortho nitro benzene ring substituents is 1. The third-order valence-electron chi connectivity index (χ3n) is 3.16. The fraction of sp³-hybridized carbons (Fsp3) is 0.0625. The number of thiophene rings is 1. The SMILES string of the molecule is O=C(CSc1ccc(-c2ccc([N+](=O)[O-])cc2)nn1)c1cccs1. The number of nitro benzene ring substituents is 1. The Kier molecular flexibility index (Phi) is 4.97. The van der Waals surface area contributed by atoms with E-state index in [2.05, 4.69) is 10.2 Å². The average Bonchev–Trinajstić information content (AvgIpc) is 3.15. The quantitative estimate of drug-likeness (QED) is 0.286. The van der Waals surface area contributed by atoms with Crippen LogP contribution < -0.4 is 0 Å². The van der Waals surface area contributed by atoms with Gasteiger partial charge in [-0.1, -0.05) is 17.8 Å². The van der Waals surface area contributed by atoms with Gasteiger partial charge in [-0.25, -0.2) is 0 Å². The van der Waals surface area contributed by atoms with Crippen molar-refractivity contribution in [2.75, 3.05) is 5.75 Å². The van der Waals surface area contributed by atoms with E-state index in [9.17, 15) is 14.9 Å². The summed E-state index contributed by atoms with van der Waals surface area (Å²) in [4.78, 5) is 22.9. The zero-order chi connectivity index (χ0) is 16.9. The molecule has 0 saturated heterocycles. The van der Waals surface area contributed by atoms with Gasteiger partial charge in [-0.2, -0.15) is 0 Å². The molecule has 24 heavy (non-hydrogen) atoms. The smallest absolute Gasteiger partial charge is 0.269 e. The van der Waals surface area contributed by atoms with Gasteiger partial charge in [-0.15, -0.1) is 21.5 Å². The topological polar surface area (TPSA) is 86.0 Å². The van der Waals surface area contributed by atoms with E-state index in [4.69, 9.17) is 0 Å². The van der Waals surface area contributed by atoms with E-state index in [0.29, 0.717) is 16.5 Å². The van der Waals surface area contributed by atoms with Crippen molar-refractivity contribution in [1.29, 1.82) is 0 Å². The van der Waals surface area contributed by atoms with Crippen molar-refractivity contribution in [3.63, 3.8) is 0 Å². The van der Waals surface area contributed by atoms with Gasteiger partial charge in [0.25, 0.3) is 5.69 Å². The van der Waals surface area contributed by atoms with Gasteiger partial charge in [0.15, 0.2) is 5.78 Å². The van der Waals surface area contributed by atoms with Crippen molar-refractivity contribution in [3.05, 3.63) is 68.9 Å². The number of rotatable bonds is 6. The lowest BCUT2D eigenvalue weighted by atomic mass is 10.1. The molecule has 0 unspecified atom stereocenters. The summed E-state index contributed by atoms with van der Waals surface area (Å²) in [6.07, 6.45) is 0. The summed E-state index contributed by atoms with van der Waals surface area (Å²) in [6, 6.07) is 13.4. The van der Waals surface area contributed by atoms with Gasteiger partial charge in [0.2, 0.25) is 0 Å². The highest BCUT2D eigenvalue weighted by molar-refractivity contribution is 7.99. The molecule has 6 nitrogen and oxygen atoms in total. The molecule has 0 spiro atoms. The molecule has 0 aliphatic heterocycles. The molecule has 0 aliphatic rings. The maximum absolute atomic E-state index is 11.9. The minimum atomic E-state index is -0.445. The summed E-state index contributed by atoms with van der Waals surface area (Å²) < 4.78 is 0. The summed E-state index contributed by atoms with van der Waals surface area (Å²) in [5, 5.41) is 21.4. The van der Waals surface area contributed by atoms with Crippen LogP contribution in [0, 0.1) is 10.1 Å². The van der Waals surface area contributed by atoms with E-state index in [0.717, 1.165) is 10.4 Å². The van der Waals surface area contributed by atoms with Crippen molar-refractivity contribution < 1.29 is 9.72 Å². The van der Waals surface area contributed by atoms with Gasteiger partial charge in [0.05, 0.1) is 21.2 Å². The first-order valence-electron chi connectivity index (χ1n) is 6.91. The second-order valence-corrected chi connectivity index (χ2v) is 6.69. The van der Waals surface area contributed by atoms with Crippen LogP contribution in [0.3, 0.4) is 0 Å². The number of nitro groups is 1. The number of carbonyl (C=O) groups excluding carboxylic acids is 1. The van der Waals surface area contributed by atoms with Crippen LogP contribution >= 0.6 is 23.1 Å². The van der Waals surface area contributed by atoms with E-state index < -0.39 is 4.92 Å². The summed E-state index contributed by atoms with van der Waals surface area (Å²) in [7, 11) is 0. The Hall–Kier alpha value is -2.58. The minimum absolute atomic E-state index is 0.0333. The first-order chi connectivity index (χ1) is 11.6. The summed E-state index contributed by atoms with van der Waals surface area (Å²) in [5.41, 5.74) is 1.41. The molecule has 8 heteroatoms. The number of benzene rings is 1. The Bertz CT molecular complexity index is 847. The molecule has 0 bridgehead atoms. The second kappa shape index (κ2) is 7.33. The molecule has 1 aromatic carbocycles. The second-order valence-electron chi connectivity index (χ2n) is 4.75. The van der Waals surface area contributed by atoms with Crippen LogP contribution in [0.1, 0.15) is 9.67 Å². The number of hydrogen-bond acceptors (Lipinski definition) is 7. The molecule has 3 aromatic rings. The first kappa shape index (κ1) is 16.3. The van der Waals surface area contributed by atoms with Crippen LogP contribution in [0.4, 0.5) is 5.69 Å². The zero-order valence-electron chi connectivity index (χ0n) is 12.3. The van der Waals surface area contributed by atoms with Crippen LogP contribution in [0.25, 0.3) is 11.3 Å². The highest BCUT2D eigenvalue weighted by Gasteiger charge is 2.09. The lowest BCUT2D eigenvalue weighted by molar-refractivity contribution is -0.384. The number of carbonyl (C=O) groups is 1. The Morgan fingerprint density at radius 3 is 2.50 bits per heavy atom. The summed E-state index contributed by atoms with van der Waals surface area (Å²) >= 11 is 2.75. The van der Waals surface area contributed by atoms with Gasteiger partial charge in [0.1, 0.15) is 5.03 Å². The van der Waals surface area contributed by atoms with Gasteiger partial charge < -0.3 is 0 Å². The molecular weight excluding hydrogens is 346 g/mol. The number of aromatic nitrogens is 2. The van der Waals surface area contributed by atoms with Crippen LogP contribution in [0.2, 0.25) is 0 Å². The zero-order valence-corrected chi connectivity index (χ0v) is 13.9. The molecule has 0 saturated carbocycles. The van der Waals surface area contributed by atoms with E-state index in [1.165, 1.54) is 35.2 Å². The minimum Gasteiger partial charge on any atom is -0.292 e. The Morgan fingerprint density at radius 1 is 1.12 bits per heavy atom. The lowest BCUT2D eigenvalue weighted by Gasteiger charge is -2.02. The van der Waals surface area contributed by atoms with Gasteiger partial charge in [-0.05, 0) is 35.7 Å². The van der Waals surface area contributed by atoms with E-state index in [-0.39, 0.29) is 11.5 Å². The van der Waals surface area contributed by atoms with E-state index >= 15 is 0 Å². The highest BCUT2D eigenvalue weighted by atomic mass is 32.2. The summed E-state index contributed by atoms with van der Waals surface area (Å²) in [5.74, 6) is 0.378. The molecule has 0 atom stereocenters. The summed E-state index contributed by atoms with van der Waals surface area (Å²) in [6.45, 7) is 0. The highest BCUT2D eigenvalue weighted by Crippen LogP contribution is 2.23. The van der Waals surface area contributed by atoms with Crippen molar-refractivity contribution in [2.24, 2.45) is 0 Å². The molecule has 2 aromatic heterocycles. The number of thioether (sulfide) groups is 1. The predicted octanol–water partition coefficient (Wildman–Crippen LogP) is 4.09. The number of nitrogens with zero attached hydrogens (tertiary/aromatic N) is 3. The maximum atomic E-state index is 11.9. The Labute approximate surface area is 145 Å². The standard InChI is InChI=1S/C16H11N3O3S2/c20-14(15-2-1-9-23-15)10-24-16-8-7-13(17-18-16)11-3-5-12(6-4-11)19(21)22/h1-9H,10H2. The van der Waals surface area contributed by atoms with E-state index in [1.54, 1.807) is 30.3 Å². The molecule has 2 heterocycles. The van der Waals surface area contributed by atoms with Crippen LogP contribution in [-0.4, -0.2) is 26.7 Å². The van der Waals surface area contributed by atoms with E-state index in [1.807, 2.05) is 11.4 Å². The van der Waals surface area contributed by atoms with Crippen LogP contribution in [-0.2, 0) is 0 Å². The molecule has 3 rings (SSSR count). The lowest BCUT2D eigenvalue weighted by Crippen LogP contribution is -2.00. The molecule has 120 valence electrons. The normalized spacial score (nSPS) is 10.5. The van der Waals surface area contributed by atoms with Gasteiger partial charge >= 0.3 is 0 Å². The molecule has 0 fully saturated rings. The van der Waals surface area contributed by atoms with Gasteiger partial charge in [-0.3, -0.25) is 14.9 Å². The molecule has 0 amide bonds. The number of hydrogen-bond donors (Lipinski definition) is 0. The third kappa shape index (κ3) is 3.84. The monoisotopic (exact) mass is 357 g/mol. The van der Waals surface area contributed by atoms with Crippen LogP contribution in [0.5, 0.6) is 0 Å². The van der Waals surface area contributed by atoms with Crippen LogP contribution in [0.15, 0.2) is 58.9 Å². The Morgan fingerprint density at radius 2 is 1.92 bits per heavy atom. The largest absolute Gasteiger partial charge is 0.292 e. The van der Waals surface area contributed by atoms with Crippen molar-refractivity contribution in [2.45, 2.75) is 5.03 Å². The molecule has 0 aliphatic carbocycles. The number of ketones is 1. The maximum Gasteiger partial charge on any atom is 0.269 e. The molecule has 0 radical (unpaired) electrons. The number of Topliss-reactive ketones (excluding diaryl/α,β-unsaturated/α-hetero) is 1. The fourth-order valence-electron chi connectivity index (χ4n) is 1.95. The fourth-order valence-corrected chi connectivity index (χ4v) is 3.41. The predicted molar refractivity (Wildman–Crippen MR) is 93.5 cm³/mol. The average molecular weight is 357 g/mol. The van der Waals surface area contributed by atoms with Crippen molar-refractivity contribution >= 4 is 34.6 Å². The van der Waals surface area contributed by atoms with Crippen molar-refractivity contribution in [1.82, 2.24) is 10.2 Å². The molecule has 0 N–H and O–H groups in total. The van der Waals surface area contributed by atoms with Gasteiger partial charge in [0, 0.05) is 17.7 Å². The Balaban J connectivity index is 1.64. The first-order valence-corrected chi connectivity index (χ1v) is 8.78. The third-order valence-corrected chi connectivity index (χ3v) is 4.99. The molecular formula is C16H11N3O3S2. The van der Waals surface area contributed by atoms with Crippen molar-refractivity contribution in [3.8, 4) is 11.3 Å².